The normalized spacial score (nSPS) is 23.3. The van der Waals surface area contributed by atoms with Gasteiger partial charge in [0.25, 0.3) is 0 Å². The van der Waals surface area contributed by atoms with E-state index >= 15 is 0 Å². The maximum Gasteiger partial charge on any atom is 0.377 e. The molecule has 1 saturated heterocycles. The third-order valence-corrected chi connectivity index (χ3v) is 11.3. The van der Waals surface area contributed by atoms with E-state index in [1.165, 1.54) is 0 Å². The number of likely N-dealkylation sites (N-methyl/N-ethyl adjacent to an activating group) is 2. The number of rotatable bonds is 14. The Balaban J connectivity index is 2.73. The lowest BCUT2D eigenvalue weighted by molar-refractivity contribution is -0.870. The fourth-order valence-corrected chi connectivity index (χ4v) is 7.21. The zero-order chi connectivity index (χ0) is 44.9. The number of cyclic esters (lactones) is 4. The van der Waals surface area contributed by atoms with Gasteiger partial charge in [0.2, 0.25) is 0 Å². The third-order valence-electron chi connectivity index (χ3n) is 9.36. The standard InChI is InChI=1S/C40H76N2O16P2/c1-41(2,3)27-29-53-59(47,48)55-33-35-31-51-37(43)23-19-15-11-7-8-12-16-20-24-38(44)52-32-36(34-56-60(49,50)54-30-28-42(4,5)6)58-40(46)26-22-18-14-10-9-13-17-21-25-39(45)57-35/h35-36H,7-34H2,1-6H3/p+2/t35-,36-/m0/s1. The molecule has 0 aliphatic carbocycles. The molecule has 0 saturated carbocycles. The van der Waals surface area contributed by atoms with Crippen molar-refractivity contribution in [3.8, 4) is 0 Å². The van der Waals surface area contributed by atoms with Crippen molar-refractivity contribution in [1.29, 1.82) is 0 Å². The molecule has 0 bridgehead atoms. The summed E-state index contributed by atoms with van der Waals surface area (Å²) in [5, 5.41) is 0. The van der Waals surface area contributed by atoms with Crippen LogP contribution < -0.4 is 9.79 Å². The van der Waals surface area contributed by atoms with Crippen molar-refractivity contribution in [2.24, 2.45) is 0 Å². The Kier molecular flexibility index (Phi) is 29.3. The summed E-state index contributed by atoms with van der Waals surface area (Å²) in [6, 6.07) is 0. The minimum absolute atomic E-state index is 0.0214. The number of carbonyl (C=O) groups is 4. The average molecular weight is 905 g/mol. The number of esters is 4. The number of phosphoric ester groups is 2. The van der Waals surface area contributed by atoms with Crippen molar-refractivity contribution in [2.45, 2.75) is 141 Å². The predicted molar refractivity (Wildman–Crippen MR) is 222 cm³/mol. The molecule has 60 heavy (non-hydrogen) atoms. The Morgan fingerprint density at radius 3 is 1.03 bits per heavy atom. The van der Waals surface area contributed by atoms with Crippen LogP contribution in [-0.4, -0.2) is 150 Å². The molecule has 18 nitrogen and oxygen atoms in total. The molecule has 2 N–H and O–H groups in total. The van der Waals surface area contributed by atoms with Gasteiger partial charge in [0.15, 0.2) is 12.2 Å². The quantitative estimate of drug-likeness (QED) is 0.107. The fraction of sp³-hybridized carbons (Fsp3) is 0.900. The Hall–Kier alpha value is -1.66. The maximum absolute atomic E-state index is 12.7. The minimum atomic E-state index is -4.44. The molecule has 1 rings (SSSR count). The average Bonchev–Trinajstić information content (AvgIpc) is 3.13. The Bertz CT molecular complexity index is 1110. The summed E-state index contributed by atoms with van der Waals surface area (Å²) in [5.74, 6) is -1.99. The smallest absolute Gasteiger partial charge is 0.377 e. The van der Waals surface area contributed by atoms with Gasteiger partial charge in [-0.05, 0) is 25.7 Å². The molecule has 2 unspecified atom stereocenters. The van der Waals surface area contributed by atoms with E-state index in [0.717, 1.165) is 77.0 Å². The van der Waals surface area contributed by atoms with Crippen LogP contribution in [0.15, 0.2) is 0 Å². The van der Waals surface area contributed by atoms with Crippen LogP contribution in [0.25, 0.3) is 0 Å². The molecule has 1 heterocycles. The summed E-state index contributed by atoms with van der Waals surface area (Å²) in [6.07, 6.45) is 11.3. The van der Waals surface area contributed by atoms with Gasteiger partial charge >= 0.3 is 40.2 Å². The van der Waals surface area contributed by atoms with Gasteiger partial charge in [-0.1, -0.05) is 77.0 Å². The monoisotopic (exact) mass is 904 g/mol. The number of quaternary nitrogens is 2. The summed E-state index contributed by atoms with van der Waals surface area (Å²) in [4.78, 5) is 95.6. The number of phosphoric acid groups is 2. The number of carbonyl (C=O) groups excluding carboxylic acids is 4. The van der Waals surface area contributed by atoms with Crippen LogP contribution in [0.1, 0.15) is 128 Å². The van der Waals surface area contributed by atoms with Crippen molar-refractivity contribution in [1.82, 2.24) is 0 Å². The Morgan fingerprint density at radius 1 is 0.483 bits per heavy atom. The highest BCUT2D eigenvalue weighted by Gasteiger charge is 2.33. The molecule has 1 fully saturated rings. The van der Waals surface area contributed by atoms with Gasteiger partial charge in [0.1, 0.15) is 52.7 Å². The first-order chi connectivity index (χ1) is 28.1. The van der Waals surface area contributed by atoms with Crippen LogP contribution in [0, 0.1) is 0 Å². The lowest BCUT2D eigenvalue weighted by atomic mass is 10.1. The molecule has 0 aromatic carbocycles. The van der Waals surface area contributed by atoms with E-state index in [1.54, 1.807) is 0 Å². The molecule has 0 aromatic rings. The van der Waals surface area contributed by atoms with Crippen molar-refractivity contribution in [3.63, 3.8) is 0 Å². The van der Waals surface area contributed by atoms with Crippen LogP contribution in [0.4, 0.5) is 0 Å². The van der Waals surface area contributed by atoms with E-state index < -0.39 is 65.6 Å². The topological polar surface area (TPSA) is 229 Å². The van der Waals surface area contributed by atoms with Gasteiger partial charge in [-0.3, -0.25) is 19.2 Å². The van der Waals surface area contributed by atoms with E-state index in [4.69, 9.17) is 37.0 Å². The van der Waals surface area contributed by atoms with Crippen molar-refractivity contribution >= 4 is 40.2 Å². The first-order valence-corrected chi connectivity index (χ1v) is 24.7. The van der Waals surface area contributed by atoms with Gasteiger partial charge in [0.05, 0.1) is 42.3 Å². The maximum atomic E-state index is 12.7. The minimum Gasteiger partial charge on any atom is -0.606 e. The van der Waals surface area contributed by atoms with Crippen LogP contribution in [-0.2, 0) is 56.2 Å². The van der Waals surface area contributed by atoms with Crippen molar-refractivity contribution < 1.29 is 84.8 Å². The molecule has 1 aliphatic heterocycles. The molecule has 0 amide bonds. The third kappa shape index (κ3) is 34.9. The molecular weight excluding hydrogens is 826 g/mol. The summed E-state index contributed by atoms with van der Waals surface area (Å²) in [7, 11) is 2.58. The largest absolute Gasteiger partial charge is 0.606 e. The molecule has 4 atom stereocenters. The first-order valence-electron chi connectivity index (χ1n) is 21.7. The van der Waals surface area contributed by atoms with Gasteiger partial charge < -0.3 is 37.7 Å². The number of ether oxygens (including phenoxy) is 4. The second-order valence-corrected chi connectivity index (χ2v) is 20.4. The highest BCUT2D eigenvalue weighted by molar-refractivity contribution is 7.53. The van der Waals surface area contributed by atoms with Crippen LogP contribution in [0.2, 0.25) is 0 Å². The summed E-state index contributed by atoms with van der Waals surface area (Å²) < 4.78 is 43.1. The highest BCUT2D eigenvalue weighted by atomic mass is 31.2. The van der Waals surface area contributed by atoms with E-state index in [9.17, 15) is 38.8 Å². The summed E-state index contributed by atoms with van der Waals surface area (Å²) >= 11 is 0. The van der Waals surface area contributed by atoms with Crippen LogP contribution >= 0.6 is 16.3 Å². The van der Waals surface area contributed by atoms with Crippen molar-refractivity contribution in [3.05, 3.63) is 0 Å². The number of hydrogen-bond donors (Lipinski definition) is 2. The molecule has 352 valence electrons. The Morgan fingerprint density at radius 2 is 0.750 bits per heavy atom. The van der Waals surface area contributed by atoms with Gasteiger partial charge in [-0.2, -0.15) is 27.9 Å². The van der Waals surface area contributed by atoms with E-state index in [-0.39, 0.29) is 52.1 Å². The fourth-order valence-electron chi connectivity index (χ4n) is 5.73. The van der Waals surface area contributed by atoms with Gasteiger partial charge in [0, 0.05) is 25.7 Å². The van der Waals surface area contributed by atoms with E-state index in [0.29, 0.717) is 47.7 Å². The zero-order valence-corrected chi connectivity index (χ0v) is 39.1. The first kappa shape index (κ1) is 56.4. The molecule has 0 spiro atoms. The SMILES string of the molecule is C[N+](C)(C)CCO[P+]([O-])(O)OC[C@@H]1COC(=O)CCCCCCCCCCC(=O)OC[C@@H](CO[P+]([O-])(O)OCC[N+](C)(C)C)OC(=O)CCCCCCCCCCC(=O)O1. The summed E-state index contributed by atoms with van der Waals surface area (Å²) in [6.45, 7) is -0.711. The number of nitrogens with zero attached hydrogens (tertiary/aromatic N) is 2. The zero-order valence-electron chi connectivity index (χ0n) is 37.4. The van der Waals surface area contributed by atoms with Crippen LogP contribution in [0.5, 0.6) is 0 Å². The van der Waals surface area contributed by atoms with E-state index in [2.05, 4.69) is 0 Å². The molecule has 0 aromatic heterocycles. The van der Waals surface area contributed by atoms with Crippen molar-refractivity contribution in [2.75, 3.05) is 95.0 Å². The molecule has 0 radical (unpaired) electrons. The molecule has 1 aliphatic rings. The second-order valence-electron chi connectivity index (χ2n) is 17.5. The Labute approximate surface area is 359 Å². The summed E-state index contributed by atoms with van der Waals surface area (Å²) in [5.41, 5.74) is 0. The van der Waals surface area contributed by atoms with E-state index in [1.807, 2.05) is 42.3 Å². The lowest BCUT2D eigenvalue weighted by Gasteiger charge is -2.26. The van der Waals surface area contributed by atoms with Gasteiger partial charge in [-0.25, -0.2) is 0 Å². The lowest BCUT2D eigenvalue weighted by Crippen LogP contribution is -2.38. The predicted octanol–water partition coefficient (Wildman–Crippen LogP) is 4.25. The van der Waals surface area contributed by atoms with Crippen LogP contribution in [0.3, 0.4) is 0 Å². The number of hydrogen-bond acceptors (Lipinski definition) is 16. The molecular formula is C40H78N2O16P2+2. The van der Waals surface area contributed by atoms with Gasteiger partial charge in [-0.15, -0.1) is 0 Å². The second kappa shape index (κ2) is 31.2. The highest BCUT2D eigenvalue weighted by Crippen LogP contribution is 2.48. The molecule has 20 heteroatoms.